The Labute approximate surface area is 108 Å². The number of aromatic nitrogens is 4. The Morgan fingerprint density at radius 1 is 1.17 bits per heavy atom. The maximum Gasteiger partial charge on any atom is 0.165 e. The highest BCUT2D eigenvalue weighted by Crippen LogP contribution is 2.28. The molecule has 1 aromatic rings. The number of nitrogens with one attached hydrogen (secondary N) is 1. The van der Waals surface area contributed by atoms with E-state index in [2.05, 4.69) is 20.8 Å². The van der Waals surface area contributed by atoms with Crippen LogP contribution < -0.4 is 5.32 Å². The quantitative estimate of drug-likeness (QED) is 0.802. The topological polar surface area (TPSA) is 55.6 Å². The Balaban J connectivity index is 1.41. The highest BCUT2D eigenvalue weighted by atomic mass is 15.5. The molecule has 0 spiro atoms. The molecular formula is C13H23N5. The minimum Gasteiger partial charge on any atom is -0.307 e. The van der Waals surface area contributed by atoms with Crippen LogP contribution in [0.25, 0.3) is 0 Å². The normalized spacial score (nSPS) is 20.7. The van der Waals surface area contributed by atoms with Gasteiger partial charge in [0.2, 0.25) is 0 Å². The van der Waals surface area contributed by atoms with Gasteiger partial charge in [-0.05, 0) is 42.0 Å². The minimum atomic E-state index is 0.716. The van der Waals surface area contributed by atoms with Gasteiger partial charge in [0.05, 0.1) is 6.54 Å². The third kappa shape index (κ3) is 3.28. The number of nitrogens with zero attached hydrogens (tertiary/aromatic N) is 4. The molecule has 2 fully saturated rings. The first-order valence-corrected chi connectivity index (χ1v) is 7.40. The molecule has 5 heteroatoms. The van der Waals surface area contributed by atoms with Crippen molar-refractivity contribution in [3.63, 3.8) is 0 Å². The molecule has 1 N–H and O–H groups in total. The van der Waals surface area contributed by atoms with Gasteiger partial charge in [-0.1, -0.05) is 25.7 Å². The molecule has 2 saturated carbocycles. The van der Waals surface area contributed by atoms with Crippen LogP contribution in [0.15, 0.2) is 0 Å². The molecule has 1 aromatic heterocycles. The Morgan fingerprint density at radius 3 is 2.78 bits per heavy atom. The molecule has 0 radical (unpaired) electrons. The molecular weight excluding hydrogens is 226 g/mol. The van der Waals surface area contributed by atoms with Gasteiger partial charge in [-0.2, -0.15) is 0 Å². The highest BCUT2D eigenvalue weighted by Gasteiger charge is 2.21. The summed E-state index contributed by atoms with van der Waals surface area (Å²) in [6.07, 6.45) is 10.9. The largest absolute Gasteiger partial charge is 0.307 e. The van der Waals surface area contributed by atoms with E-state index in [0.717, 1.165) is 24.8 Å². The van der Waals surface area contributed by atoms with Crippen LogP contribution in [-0.2, 0) is 13.1 Å². The van der Waals surface area contributed by atoms with E-state index >= 15 is 0 Å². The molecule has 0 atom stereocenters. The van der Waals surface area contributed by atoms with E-state index in [1.54, 1.807) is 0 Å². The van der Waals surface area contributed by atoms with Crippen LogP contribution in [0.3, 0.4) is 0 Å². The van der Waals surface area contributed by atoms with Gasteiger partial charge in [0.15, 0.2) is 5.82 Å². The first kappa shape index (κ1) is 12.1. The summed E-state index contributed by atoms with van der Waals surface area (Å²) in [5.74, 6) is 1.96. The van der Waals surface area contributed by atoms with Gasteiger partial charge in [-0.15, -0.1) is 5.10 Å². The lowest BCUT2D eigenvalue weighted by Gasteiger charge is -2.09. The fourth-order valence-electron chi connectivity index (χ4n) is 2.88. The summed E-state index contributed by atoms with van der Waals surface area (Å²) in [6, 6.07) is 0.716. The predicted octanol–water partition coefficient (Wildman–Crippen LogP) is 1.90. The zero-order valence-electron chi connectivity index (χ0n) is 11.0. The van der Waals surface area contributed by atoms with E-state index in [1.807, 2.05) is 4.68 Å². The lowest BCUT2D eigenvalue weighted by atomic mass is 10.0. The summed E-state index contributed by atoms with van der Waals surface area (Å²) >= 11 is 0. The molecule has 100 valence electrons. The van der Waals surface area contributed by atoms with Crippen LogP contribution in [0.4, 0.5) is 0 Å². The van der Waals surface area contributed by atoms with E-state index in [9.17, 15) is 0 Å². The van der Waals surface area contributed by atoms with Gasteiger partial charge >= 0.3 is 0 Å². The second kappa shape index (κ2) is 5.78. The molecule has 0 unspecified atom stereocenters. The Morgan fingerprint density at radius 2 is 2.00 bits per heavy atom. The van der Waals surface area contributed by atoms with Crippen molar-refractivity contribution in [3.05, 3.63) is 5.82 Å². The summed E-state index contributed by atoms with van der Waals surface area (Å²) in [5, 5.41) is 15.5. The molecule has 0 aromatic carbocycles. The van der Waals surface area contributed by atoms with Crippen LogP contribution in [-0.4, -0.2) is 26.2 Å². The number of aryl methyl sites for hydroxylation is 1. The van der Waals surface area contributed by atoms with Crippen molar-refractivity contribution in [2.24, 2.45) is 5.92 Å². The SMILES string of the molecule is C1CCC(CCCn2nnnc2CNC2CC2)C1. The number of hydrogen-bond donors (Lipinski definition) is 1. The Bertz CT molecular complexity index is 365. The Hall–Kier alpha value is -0.970. The van der Waals surface area contributed by atoms with Crippen LogP contribution in [0.1, 0.15) is 57.2 Å². The van der Waals surface area contributed by atoms with E-state index in [4.69, 9.17) is 0 Å². The summed E-state index contributed by atoms with van der Waals surface area (Å²) in [6.45, 7) is 1.80. The van der Waals surface area contributed by atoms with Crippen LogP contribution in [0, 0.1) is 5.92 Å². The number of hydrogen-bond acceptors (Lipinski definition) is 4. The molecule has 18 heavy (non-hydrogen) atoms. The molecule has 5 nitrogen and oxygen atoms in total. The predicted molar refractivity (Wildman–Crippen MR) is 68.9 cm³/mol. The Kier molecular flexibility index (Phi) is 3.88. The molecule has 2 aliphatic carbocycles. The minimum absolute atomic E-state index is 0.716. The van der Waals surface area contributed by atoms with E-state index < -0.39 is 0 Å². The van der Waals surface area contributed by atoms with Crippen molar-refractivity contribution in [3.8, 4) is 0 Å². The molecule has 0 aliphatic heterocycles. The smallest absolute Gasteiger partial charge is 0.165 e. The molecule has 0 saturated heterocycles. The maximum absolute atomic E-state index is 4.11. The summed E-state index contributed by atoms with van der Waals surface area (Å²) in [7, 11) is 0. The van der Waals surface area contributed by atoms with Crippen LogP contribution in [0.2, 0.25) is 0 Å². The van der Waals surface area contributed by atoms with Crippen molar-refractivity contribution < 1.29 is 0 Å². The summed E-state index contributed by atoms with van der Waals surface area (Å²) < 4.78 is 1.98. The summed E-state index contributed by atoms with van der Waals surface area (Å²) in [5.41, 5.74) is 0. The zero-order valence-corrected chi connectivity index (χ0v) is 11.0. The van der Waals surface area contributed by atoms with Gasteiger partial charge in [0.1, 0.15) is 0 Å². The van der Waals surface area contributed by atoms with Crippen LogP contribution in [0.5, 0.6) is 0 Å². The lowest BCUT2D eigenvalue weighted by molar-refractivity contribution is 0.433. The first-order chi connectivity index (χ1) is 8.92. The van der Waals surface area contributed by atoms with Crippen molar-refractivity contribution in [1.29, 1.82) is 0 Å². The van der Waals surface area contributed by atoms with Gasteiger partial charge in [-0.3, -0.25) is 0 Å². The fourth-order valence-corrected chi connectivity index (χ4v) is 2.88. The van der Waals surface area contributed by atoms with Crippen molar-refractivity contribution in [1.82, 2.24) is 25.5 Å². The third-order valence-electron chi connectivity index (χ3n) is 4.19. The second-order valence-electron chi connectivity index (χ2n) is 5.77. The average molecular weight is 249 g/mol. The van der Waals surface area contributed by atoms with Gasteiger partial charge in [0, 0.05) is 12.6 Å². The average Bonchev–Trinajstić information content (AvgIpc) is 2.89. The zero-order chi connectivity index (χ0) is 12.2. The number of tetrazole rings is 1. The molecule has 0 bridgehead atoms. The van der Waals surface area contributed by atoms with Gasteiger partial charge in [-0.25, -0.2) is 4.68 Å². The van der Waals surface area contributed by atoms with Crippen LogP contribution >= 0.6 is 0 Å². The van der Waals surface area contributed by atoms with E-state index in [0.29, 0.717) is 6.04 Å². The maximum atomic E-state index is 4.11. The summed E-state index contributed by atoms with van der Waals surface area (Å²) in [4.78, 5) is 0. The molecule has 3 rings (SSSR count). The fraction of sp³-hybridized carbons (Fsp3) is 0.923. The molecule has 2 aliphatic rings. The first-order valence-electron chi connectivity index (χ1n) is 7.40. The molecule has 1 heterocycles. The monoisotopic (exact) mass is 249 g/mol. The third-order valence-corrected chi connectivity index (χ3v) is 4.19. The van der Waals surface area contributed by atoms with Gasteiger partial charge in [0.25, 0.3) is 0 Å². The second-order valence-corrected chi connectivity index (χ2v) is 5.77. The van der Waals surface area contributed by atoms with Crippen molar-refractivity contribution >= 4 is 0 Å². The van der Waals surface area contributed by atoms with E-state index in [-0.39, 0.29) is 0 Å². The standard InChI is InChI=1S/C13H23N5/c1-2-5-11(4-1)6-3-9-18-13(15-16-17-18)10-14-12-7-8-12/h11-12,14H,1-10H2. The number of rotatable bonds is 7. The molecule has 0 amide bonds. The highest BCUT2D eigenvalue weighted by molar-refractivity contribution is 4.86. The van der Waals surface area contributed by atoms with Gasteiger partial charge < -0.3 is 5.32 Å². The van der Waals surface area contributed by atoms with E-state index in [1.165, 1.54) is 51.4 Å². The lowest BCUT2D eigenvalue weighted by Crippen LogP contribution is -2.19. The van der Waals surface area contributed by atoms with Crippen molar-refractivity contribution in [2.75, 3.05) is 0 Å². The van der Waals surface area contributed by atoms with Crippen molar-refractivity contribution in [2.45, 2.75) is 70.5 Å².